The minimum Gasteiger partial charge on any atom is -0.378 e. The van der Waals surface area contributed by atoms with Crippen molar-refractivity contribution in [1.82, 2.24) is 14.6 Å². The largest absolute Gasteiger partial charge is 0.378 e. The number of hydrogen-bond donors (Lipinski definition) is 2. The Hall–Kier alpha value is -2.48. The lowest BCUT2D eigenvalue weighted by atomic mass is 10.1. The van der Waals surface area contributed by atoms with Gasteiger partial charge in [0.2, 0.25) is 5.91 Å². The second-order valence-electron chi connectivity index (χ2n) is 6.05. The molecule has 1 aliphatic heterocycles. The highest BCUT2D eigenvalue weighted by molar-refractivity contribution is 5.90. The fraction of sp³-hybridized carbons (Fsp3) is 0.529. The normalized spacial score (nSPS) is 14.6. The van der Waals surface area contributed by atoms with Crippen LogP contribution < -0.4 is 10.2 Å². The first-order valence-electron chi connectivity index (χ1n) is 8.74. The van der Waals surface area contributed by atoms with E-state index in [-0.39, 0.29) is 5.91 Å². The Kier molecular flexibility index (Phi) is 5.95. The minimum absolute atomic E-state index is 0.0286. The van der Waals surface area contributed by atoms with Gasteiger partial charge in [0.15, 0.2) is 5.65 Å². The van der Waals surface area contributed by atoms with E-state index >= 15 is 0 Å². The molecule has 0 spiro atoms. The molecule has 3 rings (SSSR count). The van der Waals surface area contributed by atoms with E-state index in [4.69, 9.17) is 10.1 Å². The summed E-state index contributed by atoms with van der Waals surface area (Å²) in [7, 11) is 0. The topological polar surface area (TPSA) is 95.6 Å². The molecule has 8 nitrogen and oxygen atoms in total. The Morgan fingerprint density at radius 2 is 2.16 bits per heavy atom. The monoisotopic (exact) mass is 344 g/mol. The molecule has 1 amide bonds. The summed E-state index contributed by atoms with van der Waals surface area (Å²) in [6.07, 6.45) is 7.11. The number of fused-ring (bicyclic) bond motifs is 1. The van der Waals surface area contributed by atoms with Gasteiger partial charge in [-0.1, -0.05) is 6.42 Å². The van der Waals surface area contributed by atoms with Gasteiger partial charge < -0.3 is 20.4 Å². The molecule has 0 aliphatic carbocycles. The maximum Gasteiger partial charge on any atom is 0.225 e. The van der Waals surface area contributed by atoms with E-state index in [1.165, 1.54) is 6.21 Å². The zero-order valence-corrected chi connectivity index (χ0v) is 14.3. The highest BCUT2D eigenvalue weighted by Gasteiger charge is 2.17. The van der Waals surface area contributed by atoms with Crippen molar-refractivity contribution in [2.75, 3.05) is 36.5 Å². The lowest BCUT2D eigenvalue weighted by molar-refractivity contribution is -0.116. The Morgan fingerprint density at radius 1 is 1.32 bits per heavy atom. The van der Waals surface area contributed by atoms with Crippen LogP contribution in [0, 0.1) is 5.41 Å². The molecule has 0 aromatic carbocycles. The summed E-state index contributed by atoms with van der Waals surface area (Å²) in [5.41, 5.74) is 0.713. The number of amides is 1. The van der Waals surface area contributed by atoms with Crippen molar-refractivity contribution in [2.24, 2.45) is 0 Å². The molecular weight excluding hydrogens is 320 g/mol. The van der Waals surface area contributed by atoms with Crippen LogP contribution in [0.3, 0.4) is 0 Å². The average molecular weight is 344 g/mol. The summed E-state index contributed by atoms with van der Waals surface area (Å²) < 4.78 is 7.20. The van der Waals surface area contributed by atoms with Gasteiger partial charge in [0.25, 0.3) is 0 Å². The molecule has 0 bridgehead atoms. The van der Waals surface area contributed by atoms with Crippen molar-refractivity contribution in [3.05, 3.63) is 18.3 Å². The van der Waals surface area contributed by atoms with Crippen molar-refractivity contribution < 1.29 is 9.53 Å². The summed E-state index contributed by atoms with van der Waals surface area (Å²) in [6, 6.07) is 3.70. The van der Waals surface area contributed by atoms with Crippen molar-refractivity contribution in [3.63, 3.8) is 0 Å². The van der Waals surface area contributed by atoms with Crippen LogP contribution in [0.2, 0.25) is 0 Å². The molecule has 0 atom stereocenters. The van der Waals surface area contributed by atoms with Gasteiger partial charge in [0.1, 0.15) is 11.6 Å². The van der Waals surface area contributed by atoms with Gasteiger partial charge in [-0.3, -0.25) is 4.79 Å². The molecule has 0 saturated carbocycles. The van der Waals surface area contributed by atoms with E-state index in [1.807, 2.05) is 12.1 Å². The van der Waals surface area contributed by atoms with Gasteiger partial charge in [0, 0.05) is 31.6 Å². The molecule has 3 heterocycles. The molecule has 0 radical (unpaired) electrons. The van der Waals surface area contributed by atoms with E-state index in [2.05, 4.69) is 20.3 Å². The van der Waals surface area contributed by atoms with Crippen molar-refractivity contribution >= 4 is 29.4 Å². The molecule has 2 aromatic rings. The molecule has 2 aromatic heterocycles. The molecule has 8 heteroatoms. The summed E-state index contributed by atoms with van der Waals surface area (Å²) in [5, 5.41) is 14.2. The number of nitrogens with zero attached hydrogens (tertiary/aromatic N) is 4. The van der Waals surface area contributed by atoms with Gasteiger partial charge in [-0.15, -0.1) is 0 Å². The number of carbonyl (C=O) groups excluding carboxylic acids is 1. The molecule has 0 unspecified atom stereocenters. The number of nitrogens with one attached hydrogen (secondary N) is 2. The molecule has 2 N–H and O–H groups in total. The Bertz CT molecular complexity index is 723. The Labute approximate surface area is 146 Å². The van der Waals surface area contributed by atoms with Crippen molar-refractivity contribution in [2.45, 2.75) is 32.1 Å². The van der Waals surface area contributed by atoms with Crippen LogP contribution in [0.4, 0.5) is 11.6 Å². The number of unbranched alkanes of at least 4 members (excludes halogenated alkanes) is 3. The number of rotatable bonds is 8. The lowest BCUT2D eigenvalue weighted by Crippen LogP contribution is -2.37. The van der Waals surface area contributed by atoms with Crippen LogP contribution in [0.5, 0.6) is 0 Å². The van der Waals surface area contributed by atoms with Crippen LogP contribution in [-0.2, 0) is 9.53 Å². The third-order valence-electron chi connectivity index (χ3n) is 4.20. The van der Waals surface area contributed by atoms with Crippen molar-refractivity contribution in [1.29, 1.82) is 5.41 Å². The predicted molar refractivity (Wildman–Crippen MR) is 96.5 cm³/mol. The molecular formula is C17H24N6O2. The summed E-state index contributed by atoms with van der Waals surface area (Å²) >= 11 is 0. The van der Waals surface area contributed by atoms with Gasteiger partial charge in [-0.05, 0) is 25.5 Å². The van der Waals surface area contributed by atoms with Crippen LogP contribution in [0.25, 0.3) is 5.65 Å². The zero-order chi connectivity index (χ0) is 17.5. The minimum atomic E-state index is -0.0286. The predicted octanol–water partition coefficient (Wildman–Crippen LogP) is 2.10. The van der Waals surface area contributed by atoms with Gasteiger partial charge in [-0.25, -0.2) is 4.98 Å². The van der Waals surface area contributed by atoms with E-state index in [9.17, 15) is 4.79 Å². The SMILES string of the molecule is N=CCCCCCC(=O)Nc1cc(N2CCOCC2)n2nccc2n1. The third kappa shape index (κ3) is 4.54. The number of hydrogen-bond acceptors (Lipinski definition) is 6. The van der Waals surface area contributed by atoms with E-state index in [1.54, 1.807) is 10.7 Å². The fourth-order valence-corrected chi connectivity index (χ4v) is 2.89. The third-order valence-corrected chi connectivity index (χ3v) is 4.20. The zero-order valence-electron chi connectivity index (χ0n) is 14.3. The van der Waals surface area contributed by atoms with E-state index < -0.39 is 0 Å². The van der Waals surface area contributed by atoms with Crippen LogP contribution in [-0.4, -0.2) is 53.0 Å². The van der Waals surface area contributed by atoms with Crippen LogP contribution >= 0.6 is 0 Å². The summed E-state index contributed by atoms with van der Waals surface area (Å²) in [4.78, 5) is 18.8. The number of aromatic nitrogens is 3. The second-order valence-corrected chi connectivity index (χ2v) is 6.05. The Morgan fingerprint density at radius 3 is 2.96 bits per heavy atom. The fourth-order valence-electron chi connectivity index (χ4n) is 2.89. The van der Waals surface area contributed by atoms with E-state index in [0.717, 1.165) is 44.6 Å². The molecule has 1 saturated heterocycles. The first-order valence-corrected chi connectivity index (χ1v) is 8.74. The summed E-state index contributed by atoms with van der Waals surface area (Å²) in [6.45, 7) is 2.95. The second kappa shape index (κ2) is 8.57. The molecule has 25 heavy (non-hydrogen) atoms. The molecule has 1 fully saturated rings. The van der Waals surface area contributed by atoms with Crippen molar-refractivity contribution in [3.8, 4) is 0 Å². The smallest absolute Gasteiger partial charge is 0.225 e. The summed E-state index contributed by atoms with van der Waals surface area (Å²) in [5.74, 6) is 1.44. The maximum absolute atomic E-state index is 12.2. The van der Waals surface area contributed by atoms with Gasteiger partial charge >= 0.3 is 0 Å². The molecule has 1 aliphatic rings. The Balaban J connectivity index is 1.67. The highest BCUT2D eigenvalue weighted by Crippen LogP contribution is 2.21. The number of morpholine rings is 1. The van der Waals surface area contributed by atoms with Gasteiger partial charge in [-0.2, -0.15) is 9.61 Å². The standard InChI is InChI=1S/C17H24N6O2/c18-7-4-2-1-3-5-16(24)21-14-13-17(22-9-11-25-12-10-22)23-15(20-14)6-8-19-23/h6-8,13,18H,1-5,9-12H2,(H,20,21,24). The quantitative estimate of drug-likeness (QED) is 0.565. The maximum atomic E-state index is 12.2. The highest BCUT2D eigenvalue weighted by atomic mass is 16.5. The van der Waals surface area contributed by atoms with Crippen LogP contribution in [0.1, 0.15) is 32.1 Å². The van der Waals surface area contributed by atoms with Crippen LogP contribution in [0.15, 0.2) is 18.3 Å². The average Bonchev–Trinajstić information content (AvgIpc) is 3.10. The lowest BCUT2D eigenvalue weighted by Gasteiger charge is -2.29. The number of carbonyl (C=O) groups is 1. The number of ether oxygens (including phenoxy) is 1. The first-order chi connectivity index (χ1) is 12.3. The van der Waals surface area contributed by atoms with E-state index in [0.29, 0.717) is 31.1 Å². The van der Waals surface area contributed by atoms with Gasteiger partial charge in [0.05, 0.1) is 19.4 Å². The first kappa shape index (κ1) is 17.3. The molecule has 134 valence electrons. The number of anilines is 2.